The molecule has 1 fully saturated rings. The second-order valence-corrected chi connectivity index (χ2v) is 7.38. The van der Waals surface area contributed by atoms with Crippen LogP contribution in [0.5, 0.6) is 5.88 Å². The standard InChI is InChI=1S/C14H14F2N4O3S/c1-23-13-9(10(7-3-4-7)18-6-19-13)12-17-5-8(11(15)16)14(20-12)24(2,21)22/h5-7,11H,3-4H2,1-2H3. The molecule has 0 N–H and O–H groups in total. The zero-order valence-corrected chi connectivity index (χ0v) is 13.7. The number of methoxy groups -OCH3 is 1. The fraction of sp³-hybridized carbons (Fsp3) is 0.429. The molecule has 128 valence electrons. The third-order valence-electron chi connectivity index (χ3n) is 3.59. The second-order valence-electron chi connectivity index (χ2n) is 5.44. The van der Waals surface area contributed by atoms with Gasteiger partial charge in [0.1, 0.15) is 11.9 Å². The van der Waals surface area contributed by atoms with E-state index in [0.29, 0.717) is 11.3 Å². The van der Waals surface area contributed by atoms with Crippen molar-refractivity contribution in [2.24, 2.45) is 0 Å². The van der Waals surface area contributed by atoms with E-state index in [1.165, 1.54) is 13.4 Å². The molecule has 1 aliphatic carbocycles. The van der Waals surface area contributed by atoms with Crippen LogP contribution in [0.2, 0.25) is 0 Å². The zero-order chi connectivity index (χ0) is 17.5. The number of aromatic nitrogens is 4. The maximum absolute atomic E-state index is 13.1. The molecule has 2 heterocycles. The van der Waals surface area contributed by atoms with E-state index in [2.05, 4.69) is 19.9 Å². The Morgan fingerprint density at radius 1 is 1.25 bits per heavy atom. The number of halogens is 2. The molecule has 1 saturated carbocycles. The number of nitrogens with zero attached hydrogens (tertiary/aromatic N) is 4. The fourth-order valence-electron chi connectivity index (χ4n) is 2.36. The first-order valence-corrected chi connectivity index (χ1v) is 8.96. The summed E-state index contributed by atoms with van der Waals surface area (Å²) in [5.74, 6) is 0.312. The van der Waals surface area contributed by atoms with Crippen molar-refractivity contribution in [3.63, 3.8) is 0 Å². The van der Waals surface area contributed by atoms with Gasteiger partial charge in [-0.25, -0.2) is 37.1 Å². The normalized spacial score (nSPS) is 14.9. The van der Waals surface area contributed by atoms with Crippen LogP contribution in [0.15, 0.2) is 17.6 Å². The van der Waals surface area contributed by atoms with E-state index in [4.69, 9.17) is 4.74 Å². The van der Waals surface area contributed by atoms with Crippen LogP contribution >= 0.6 is 0 Å². The van der Waals surface area contributed by atoms with Crippen LogP contribution in [0.3, 0.4) is 0 Å². The summed E-state index contributed by atoms with van der Waals surface area (Å²) in [6.45, 7) is 0. The molecule has 0 amide bonds. The number of alkyl halides is 2. The molecule has 3 rings (SSSR count). The minimum Gasteiger partial charge on any atom is -0.480 e. The van der Waals surface area contributed by atoms with Crippen LogP contribution in [-0.4, -0.2) is 41.7 Å². The van der Waals surface area contributed by atoms with Gasteiger partial charge >= 0.3 is 0 Å². The molecule has 0 aromatic carbocycles. The number of rotatable bonds is 5. The SMILES string of the molecule is COc1ncnc(C2CC2)c1-c1ncc(C(F)F)c(S(C)(=O)=O)n1. The summed E-state index contributed by atoms with van der Waals surface area (Å²) in [6, 6.07) is 0. The number of hydrogen-bond donors (Lipinski definition) is 0. The smallest absolute Gasteiger partial charge is 0.268 e. The number of hydrogen-bond acceptors (Lipinski definition) is 7. The van der Waals surface area contributed by atoms with E-state index in [1.807, 2.05) is 0 Å². The van der Waals surface area contributed by atoms with Crippen molar-refractivity contribution in [3.05, 3.63) is 23.8 Å². The Bertz CT molecular complexity index is 886. The first-order chi connectivity index (χ1) is 11.3. The number of ether oxygens (including phenoxy) is 1. The molecule has 24 heavy (non-hydrogen) atoms. The van der Waals surface area contributed by atoms with Gasteiger partial charge in [-0.3, -0.25) is 0 Å². The van der Waals surface area contributed by atoms with Gasteiger partial charge in [-0.2, -0.15) is 0 Å². The topological polar surface area (TPSA) is 94.9 Å². The third-order valence-corrected chi connectivity index (χ3v) is 4.62. The molecule has 2 aromatic heterocycles. The zero-order valence-electron chi connectivity index (χ0n) is 12.9. The summed E-state index contributed by atoms with van der Waals surface area (Å²) in [5.41, 5.74) is 0.240. The molecular weight excluding hydrogens is 342 g/mol. The van der Waals surface area contributed by atoms with E-state index in [0.717, 1.165) is 25.3 Å². The summed E-state index contributed by atoms with van der Waals surface area (Å²) in [6.07, 6.45) is 1.82. The average Bonchev–Trinajstić information content (AvgIpc) is 3.37. The van der Waals surface area contributed by atoms with Crippen LogP contribution in [0.4, 0.5) is 8.78 Å². The van der Waals surface area contributed by atoms with Gasteiger partial charge in [-0.15, -0.1) is 0 Å². The Morgan fingerprint density at radius 2 is 1.96 bits per heavy atom. The van der Waals surface area contributed by atoms with Crippen molar-refractivity contribution >= 4 is 9.84 Å². The van der Waals surface area contributed by atoms with Crippen LogP contribution in [0.1, 0.15) is 36.4 Å². The van der Waals surface area contributed by atoms with Crippen molar-refractivity contribution in [1.82, 2.24) is 19.9 Å². The van der Waals surface area contributed by atoms with E-state index in [-0.39, 0.29) is 17.6 Å². The van der Waals surface area contributed by atoms with E-state index in [9.17, 15) is 17.2 Å². The highest BCUT2D eigenvalue weighted by atomic mass is 32.2. The predicted molar refractivity (Wildman–Crippen MR) is 79.7 cm³/mol. The lowest BCUT2D eigenvalue weighted by atomic mass is 10.1. The van der Waals surface area contributed by atoms with E-state index < -0.39 is 26.9 Å². The van der Waals surface area contributed by atoms with Gasteiger partial charge in [0.2, 0.25) is 5.88 Å². The number of sulfone groups is 1. The van der Waals surface area contributed by atoms with Gasteiger partial charge in [-0.1, -0.05) is 0 Å². The molecule has 0 bridgehead atoms. The van der Waals surface area contributed by atoms with Crippen LogP contribution in [0.25, 0.3) is 11.4 Å². The Kier molecular flexibility index (Phi) is 4.16. The van der Waals surface area contributed by atoms with Crippen molar-refractivity contribution in [3.8, 4) is 17.3 Å². The van der Waals surface area contributed by atoms with Crippen molar-refractivity contribution in [1.29, 1.82) is 0 Å². The van der Waals surface area contributed by atoms with Gasteiger partial charge in [0.25, 0.3) is 6.43 Å². The lowest BCUT2D eigenvalue weighted by Crippen LogP contribution is -2.10. The van der Waals surface area contributed by atoms with Crippen molar-refractivity contribution in [2.45, 2.75) is 30.2 Å². The van der Waals surface area contributed by atoms with E-state index in [1.54, 1.807) is 0 Å². The molecule has 2 aromatic rings. The Labute approximate surface area is 137 Å². The average molecular weight is 356 g/mol. The molecule has 0 aliphatic heterocycles. The van der Waals surface area contributed by atoms with Crippen LogP contribution in [0, 0.1) is 0 Å². The molecular formula is C14H14F2N4O3S. The van der Waals surface area contributed by atoms with Gasteiger partial charge in [0.15, 0.2) is 20.7 Å². The largest absolute Gasteiger partial charge is 0.480 e. The quantitative estimate of drug-likeness (QED) is 0.758. The van der Waals surface area contributed by atoms with Crippen molar-refractivity contribution in [2.75, 3.05) is 13.4 Å². The minimum atomic E-state index is -3.96. The van der Waals surface area contributed by atoms with Gasteiger partial charge in [-0.05, 0) is 12.8 Å². The molecule has 1 aliphatic rings. The first-order valence-electron chi connectivity index (χ1n) is 7.07. The highest BCUT2D eigenvalue weighted by Gasteiger charge is 2.32. The molecule has 7 nitrogen and oxygen atoms in total. The summed E-state index contributed by atoms with van der Waals surface area (Å²) in [4.78, 5) is 16.0. The lowest BCUT2D eigenvalue weighted by molar-refractivity contribution is 0.146. The Morgan fingerprint density at radius 3 is 2.50 bits per heavy atom. The minimum absolute atomic E-state index is 0.0424. The summed E-state index contributed by atoms with van der Waals surface area (Å²) >= 11 is 0. The summed E-state index contributed by atoms with van der Waals surface area (Å²) < 4.78 is 55.0. The molecule has 0 radical (unpaired) electrons. The predicted octanol–water partition coefficient (Wildman–Crippen LogP) is 2.16. The first kappa shape index (κ1) is 16.6. The maximum atomic E-state index is 13.1. The van der Waals surface area contributed by atoms with Gasteiger partial charge in [0, 0.05) is 18.4 Å². The molecule has 0 unspecified atom stereocenters. The highest BCUT2D eigenvalue weighted by Crippen LogP contribution is 2.45. The Balaban J connectivity index is 2.25. The summed E-state index contributed by atoms with van der Waals surface area (Å²) in [7, 11) is -2.56. The van der Waals surface area contributed by atoms with Crippen LogP contribution in [-0.2, 0) is 9.84 Å². The molecule has 0 atom stereocenters. The highest BCUT2D eigenvalue weighted by molar-refractivity contribution is 7.90. The van der Waals surface area contributed by atoms with Gasteiger partial charge in [0.05, 0.1) is 18.4 Å². The molecule has 10 heteroatoms. The third kappa shape index (κ3) is 3.05. The Hall–Kier alpha value is -2.23. The van der Waals surface area contributed by atoms with E-state index >= 15 is 0 Å². The lowest BCUT2D eigenvalue weighted by Gasteiger charge is -2.12. The summed E-state index contributed by atoms with van der Waals surface area (Å²) in [5, 5.41) is -0.699. The fourth-order valence-corrected chi connectivity index (χ4v) is 3.18. The molecule has 0 spiro atoms. The molecule has 0 saturated heterocycles. The van der Waals surface area contributed by atoms with Crippen LogP contribution < -0.4 is 4.74 Å². The van der Waals surface area contributed by atoms with Crippen molar-refractivity contribution < 1.29 is 21.9 Å². The maximum Gasteiger partial charge on any atom is 0.268 e. The second kappa shape index (κ2) is 6.00. The van der Waals surface area contributed by atoms with Gasteiger partial charge < -0.3 is 4.74 Å². The monoisotopic (exact) mass is 356 g/mol.